The van der Waals surface area contributed by atoms with Gasteiger partial charge in [-0.25, -0.2) is 0 Å². The van der Waals surface area contributed by atoms with E-state index in [4.69, 9.17) is 14.2 Å². The lowest BCUT2D eigenvalue weighted by molar-refractivity contribution is 0.172. The second-order valence-electron chi connectivity index (χ2n) is 6.64. The fraction of sp³-hybridized carbons (Fsp3) is 0.409. The number of aliphatic imine (C=N–C) groups is 1. The van der Waals surface area contributed by atoms with Gasteiger partial charge in [0.15, 0.2) is 5.96 Å². The molecule has 6 heteroatoms. The van der Waals surface area contributed by atoms with Crippen LogP contribution < -0.4 is 20.1 Å². The summed E-state index contributed by atoms with van der Waals surface area (Å²) in [5, 5.41) is 6.90. The van der Waals surface area contributed by atoms with E-state index in [-0.39, 0.29) is 6.04 Å². The standard InChI is InChI=1S/C22H29N3O3/c1-23-22(25-20-11-14-28-21-10-4-3-9-19(20)21)24-16-17-7-5-8-18(15-17)27-13-6-12-26-2/h3-5,7-10,15,20H,6,11-14,16H2,1-2H3,(H2,23,24,25). The lowest BCUT2D eigenvalue weighted by Crippen LogP contribution is -2.40. The van der Waals surface area contributed by atoms with Crippen LogP contribution in [0.25, 0.3) is 0 Å². The highest BCUT2D eigenvalue weighted by atomic mass is 16.5. The molecule has 2 aromatic carbocycles. The van der Waals surface area contributed by atoms with Crippen LogP contribution in [0.5, 0.6) is 11.5 Å². The molecule has 0 fully saturated rings. The lowest BCUT2D eigenvalue weighted by atomic mass is 10.0. The number of nitrogens with one attached hydrogen (secondary N) is 2. The summed E-state index contributed by atoms with van der Waals surface area (Å²) < 4.78 is 16.6. The van der Waals surface area contributed by atoms with Crippen LogP contribution in [0.2, 0.25) is 0 Å². The van der Waals surface area contributed by atoms with Crippen molar-refractivity contribution in [1.82, 2.24) is 10.6 Å². The third-order valence-corrected chi connectivity index (χ3v) is 4.61. The van der Waals surface area contributed by atoms with E-state index in [0.717, 1.165) is 35.9 Å². The van der Waals surface area contributed by atoms with Crippen molar-refractivity contribution >= 4 is 5.96 Å². The summed E-state index contributed by atoms with van der Waals surface area (Å²) in [5.41, 5.74) is 2.31. The minimum atomic E-state index is 0.187. The number of fused-ring (bicyclic) bond motifs is 1. The maximum atomic E-state index is 5.77. The Bertz CT molecular complexity index is 779. The molecule has 0 saturated heterocycles. The monoisotopic (exact) mass is 383 g/mol. The maximum Gasteiger partial charge on any atom is 0.191 e. The van der Waals surface area contributed by atoms with Crippen LogP contribution >= 0.6 is 0 Å². The Labute approximate surface area is 166 Å². The molecule has 2 N–H and O–H groups in total. The van der Waals surface area contributed by atoms with Gasteiger partial charge in [0.05, 0.1) is 19.3 Å². The molecule has 0 amide bonds. The second-order valence-corrected chi connectivity index (χ2v) is 6.64. The van der Waals surface area contributed by atoms with Crippen LogP contribution in [0, 0.1) is 0 Å². The first kappa shape index (κ1) is 20.0. The third kappa shape index (κ3) is 5.63. The summed E-state index contributed by atoms with van der Waals surface area (Å²) in [6, 6.07) is 16.4. The Morgan fingerprint density at radius 1 is 1.18 bits per heavy atom. The quantitative estimate of drug-likeness (QED) is 0.416. The topological polar surface area (TPSA) is 64.1 Å². The molecular weight excluding hydrogens is 354 g/mol. The summed E-state index contributed by atoms with van der Waals surface area (Å²) in [5.74, 6) is 2.59. The van der Waals surface area contributed by atoms with Crippen molar-refractivity contribution in [3.05, 3.63) is 59.7 Å². The molecule has 1 aliphatic heterocycles. The predicted octanol–water partition coefficient (Wildman–Crippen LogP) is 3.29. The largest absolute Gasteiger partial charge is 0.493 e. The summed E-state index contributed by atoms with van der Waals surface area (Å²) in [6.07, 6.45) is 1.78. The molecule has 3 rings (SSSR count). The second kappa shape index (κ2) is 10.6. The van der Waals surface area contributed by atoms with Gasteiger partial charge in [-0.3, -0.25) is 4.99 Å². The number of nitrogens with zero attached hydrogens (tertiary/aromatic N) is 1. The third-order valence-electron chi connectivity index (χ3n) is 4.61. The molecule has 0 spiro atoms. The zero-order valence-corrected chi connectivity index (χ0v) is 16.6. The molecule has 6 nitrogen and oxygen atoms in total. The Morgan fingerprint density at radius 2 is 2.07 bits per heavy atom. The Kier molecular flexibility index (Phi) is 7.55. The van der Waals surface area contributed by atoms with Gasteiger partial charge in [0.25, 0.3) is 0 Å². The van der Waals surface area contributed by atoms with Gasteiger partial charge < -0.3 is 24.8 Å². The van der Waals surface area contributed by atoms with Crippen molar-refractivity contribution in [3.8, 4) is 11.5 Å². The fourth-order valence-electron chi connectivity index (χ4n) is 3.18. The van der Waals surface area contributed by atoms with E-state index in [1.54, 1.807) is 14.2 Å². The van der Waals surface area contributed by atoms with Crippen molar-refractivity contribution in [2.24, 2.45) is 4.99 Å². The molecule has 1 atom stereocenters. The van der Waals surface area contributed by atoms with Crippen molar-refractivity contribution in [2.45, 2.75) is 25.4 Å². The van der Waals surface area contributed by atoms with Crippen LogP contribution in [0.1, 0.15) is 30.0 Å². The van der Waals surface area contributed by atoms with E-state index in [9.17, 15) is 0 Å². The molecule has 0 aromatic heterocycles. The van der Waals surface area contributed by atoms with Gasteiger partial charge in [0.1, 0.15) is 11.5 Å². The van der Waals surface area contributed by atoms with E-state index in [1.165, 1.54) is 5.56 Å². The highest BCUT2D eigenvalue weighted by Crippen LogP contribution is 2.31. The maximum absolute atomic E-state index is 5.77. The van der Waals surface area contributed by atoms with Gasteiger partial charge in [-0.15, -0.1) is 0 Å². The molecule has 0 radical (unpaired) electrons. The number of hydrogen-bond acceptors (Lipinski definition) is 4. The van der Waals surface area contributed by atoms with Gasteiger partial charge >= 0.3 is 0 Å². The minimum absolute atomic E-state index is 0.187. The van der Waals surface area contributed by atoms with E-state index in [1.807, 2.05) is 30.3 Å². The molecule has 2 aromatic rings. The fourth-order valence-corrected chi connectivity index (χ4v) is 3.18. The SMILES string of the molecule is CN=C(NCc1cccc(OCCCOC)c1)NC1CCOc2ccccc21. The van der Waals surface area contributed by atoms with Crippen molar-refractivity contribution in [3.63, 3.8) is 0 Å². The van der Waals surface area contributed by atoms with Gasteiger partial charge in [-0.2, -0.15) is 0 Å². The van der Waals surface area contributed by atoms with Crippen LogP contribution in [0.4, 0.5) is 0 Å². The number of guanidine groups is 1. The number of ether oxygens (including phenoxy) is 3. The van der Waals surface area contributed by atoms with Gasteiger partial charge in [-0.1, -0.05) is 30.3 Å². The van der Waals surface area contributed by atoms with E-state index < -0.39 is 0 Å². The highest BCUT2D eigenvalue weighted by Gasteiger charge is 2.21. The van der Waals surface area contributed by atoms with Gasteiger partial charge in [0, 0.05) is 45.7 Å². The summed E-state index contributed by atoms with van der Waals surface area (Å²) >= 11 is 0. The van der Waals surface area contributed by atoms with E-state index in [0.29, 0.717) is 26.4 Å². The normalized spacial score (nSPS) is 16.1. The van der Waals surface area contributed by atoms with Crippen molar-refractivity contribution in [2.75, 3.05) is 34.0 Å². The zero-order valence-electron chi connectivity index (χ0n) is 16.6. The summed E-state index contributed by atoms with van der Waals surface area (Å²) in [4.78, 5) is 4.37. The van der Waals surface area contributed by atoms with E-state index in [2.05, 4.69) is 33.8 Å². The molecule has 0 saturated carbocycles. The Hall–Kier alpha value is -2.73. The average Bonchev–Trinajstić information content (AvgIpc) is 2.74. The van der Waals surface area contributed by atoms with Crippen LogP contribution in [0.15, 0.2) is 53.5 Å². The molecule has 1 heterocycles. The zero-order chi connectivity index (χ0) is 19.6. The average molecular weight is 383 g/mol. The molecule has 1 unspecified atom stereocenters. The number of methoxy groups -OCH3 is 1. The number of hydrogen-bond donors (Lipinski definition) is 2. The van der Waals surface area contributed by atoms with Crippen molar-refractivity contribution in [1.29, 1.82) is 0 Å². The molecule has 0 aliphatic carbocycles. The van der Waals surface area contributed by atoms with Crippen LogP contribution in [0.3, 0.4) is 0 Å². The summed E-state index contributed by atoms with van der Waals surface area (Å²) in [7, 11) is 3.49. The van der Waals surface area contributed by atoms with E-state index >= 15 is 0 Å². The molecule has 28 heavy (non-hydrogen) atoms. The smallest absolute Gasteiger partial charge is 0.191 e. The molecular formula is C22H29N3O3. The molecule has 150 valence electrons. The first-order valence-corrected chi connectivity index (χ1v) is 9.69. The first-order chi connectivity index (χ1) is 13.8. The number of benzene rings is 2. The van der Waals surface area contributed by atoms with Gasteiger partial charge in [0.2, 0.25) is 0 Å². The highest BCUT2D eigenvalue weighted by molar-refractivity contribution is 5.80. The molecule has 0 bridgehead atoms. The minimum Gasteiger partial charge on any atom is -0.493 e. The van der Waals surface area contributed by atoms with Crippen LogP contribution in [-0.4, -0.2) is 39.9 Å². The predicted molar refractivity (Wildman–Crippen MR) is 111 cm³/mol. The Balaban J connectivity index is 1.54. The van der Waals surface area contributed by atoms with Gasteiger partial charge in [-0.05, 0) is 23.8 Å². The Morgan fingerprint density at radius 3 is 2.93 bits per heavy atom. The van der Waals surface area contributed by atoms with Crippen LogP contribution in [-0.2, 0) is 11.3 Å². The first-order valence-electron chi connectivity index (χ1n) is 9.69. The molecule has 1 aliphatic rings. The number of para-hydroxylation sites is 1. The number of rotatable bonds is 8. The lowest BCUT2D eigenvalue weighted by Gasteiger charge is -2.28. The van der Waals surface area contributed by atoms with Crippen molar-refractivity contribution < 1.29 is 14.2 Å². The summed E-state index contributed by atoms with van der Waals surface area (Å²) in [6.45, 7) is 2.73.